The van der Waals surface area contributed by atoms with Gasteiger partial charge in [-0.1, -0.05) is 77.3 Å². The third kappa shape index (κ3) is 8.97. The van der Waals surface area contributed by atoms with Crippen molar-refractivity contribution >= 4 is 92.5 Å². The molecule has 4 aromatic carbocycles. The van der Waals surface area contributed by atoms with E-state index in [1.54, 1.807) is 78.9 Å². The number of rotatable bonds is 10. The van der Waals surface area contributed by atoms with Crippen molar-refractivity contribution in [1.82, 2.24) is 10.3 Å². The van der Waals surface area contributed by atoms with Crippen molar-refractivity contribution < 1.29 is 14.4 Å². The van der Waals surface area contributed by atoms with Crippen LogP contribution in [0, 0.1) is 0 Å². The van der Waals surface area contributed by atoms with Crippen molar-refractivity contribution in [2.45, 2.75) is 4.90 Å². The quantitative estimate of drug-likeness (QED) is 0.100. The van der Waals surface area contributed by atoms with Gasteiger partial charge in [0.1, 0.15) is 5.70 Å². The molecule has 0 unspecified atom stereocenters. The molecule has 0 saturated carbocycles. The fraction of sp³-hybridized carbons (Fsp3) is 0.0303. The van der Waals surface area contributed by atoms with Gasteiger partial charge < -0.3 is 16.0 Å². The first kappa shape index (κ1) is 32.3. The van der Waals surface area contributed by atoms with Crippen LogP contribution in [0.3, 0.4) is 0 Å². The minimum absolute atomic E-state index is 0.0577. The number of halogens is 3. The average molecular weight is 694 g/mol. The molecule has 5 aromatic rings. The molecule has 45 heavy (non-hydrogen) atoms. The maximum atomic E-state index is 13.4. The number of nitrogens with one attached hydrogen (secondary N) is 3. The maximum Gasteiger partial charge on any atom is 0.272 e. The summed E-state index contributed by atoms with van der Waals surface area (Å²) in [7, 11) is 0. The van der Waals surface area contributed by atoms with Crippen LogP contribution in [0.2, 0.25) is 15.1 Å². The number of amides is 3. The van der Waals surface area contributed by atoms with E-state index in [4.69, 9.17) is 34.8 Å². The van der Waals surface area contributed by atoms with Crippen LogP contribution in [0.5, 0.6) is 0 Å². The van der Waals surface area contributed by atoms with Crippen molar-refractivity contribution in [3.8, 4) is 11.3 Å². The monoisotopic (exact) mass is 692 g/mol. The fourth-order valence-corrected chi connectivity index (χ4v) is 6.11. The number of hydrogen-bond acceptors (Lipinski definition) is 6. The second kappa shape index (κ2) is 15.2. The Kier molecular flexibility index (Phi) is 10.9. The Balaban J connectivity index is 1.24. The Morgan fingerprint density at radius 2 is 1.53 bits per heavy atom. The maximum absolute atomic E-state index is 13.4. The van der Waals surface area contributed by atoms with Crippen molar-refractivity contribution in [2.24, 2.45) is 0 Å². The highest BCUT2D eigenvalue weighted by molar-refractivity contribution is 8.00. The summed E-state index contributed by atoms with van der Waals surface area (Å²) in [5, 5.41) is 11.9. The van der Waals surface area contributed by atoms with E-state index in [-0.39, 0.29) is 17.4 Å². The van der Waals surface area contributed by atoms with Crippen LogP contribution >= 0.6 is 57.9 Å². The minimum atomic E-state index is -0.588. The minimum Gasteiger partial charge on any atom is -0.321 e. The molecule has 3 amide bonds. The van der Waals surface area contributed by atoms with Gasteiger partial charge in [-0.15, -0.1) is 23.1 Å². The zero-order chi connectivity index (χ0) is 31.8. The molecule has 0 atom stereocenters. The molecular weight excluding hydrogens is 671 g/mol. The first-order valence-corrected chi connectivity index (χ1v) is 16.3. The molecule has 0 fully saturated rings. The number of anilines is 2. The lowest BCUT2D eigenvalue weighted by Crippen LogP contribution is -2.30. The summed E-state index contributed by atoms with van der Waals surface area (Å²) in [6.45, 7) is 0. The molecule has 0 aliphatic rings. The van der Waals surface area contributed by atoms with E-state index in [2.05, 4.69) is 20.9 Å². The molecule has 0 radical (unpaired) electrons. The van der Waals surface area contributed by atoms with E-state index in [0.717, 1.165) is 16.2 Å². The Morgan fingerprint density at radius 1 is 0.822 bits per heavy atom. The first-order chi connectivity index (χ1) is 21.7. The number of carbonyl (C=O) groups is 3. The zero-order valence-electron chi connectivity index (χ0n) is 23.2. The number of carbonyl (C=O) groups excluding carboxylic acids is 3. The third-order valence-electron chi connectivity index (χ3n) is 6.17. The summed E-state index contributed by atoms with van der Waals surface area (Å²) in [5.74, 6) is -1.17. The standard InChI is InChI=1S/C33H23Cl3N4O3S2/c34-22-14-12-20(13-15-22)29-18-45-33(39-29)40-30(41)19-44-24-9-4-8-23(16-24)37-32(43)28(17-25-26(35)10-5-11-27(25)36)38-31(42)21-6-2-1-3-7-21/h1-18H,19H2,(H,37,43)(H,38,42)(H,39,40,41)/b28-17+. The molecule has 0 bridgehead atoms. The average Bonchev–Trinajstić information content (AvgIpc) is 3.50. The molecule has 12 heteroatoms. The van der Waals surface area contributed by atoms with Gasteiger partial charge in [0.05, 0.1) is 11.4 Å². The van der Waals surface area contributed by atoms with Crippen LogP contribution in [0.1, 0.15) is 15.9 Å². The second-order valence-electron chi connectivity index (χ2n) is 9.38. The summed E-state index contributed by atoms with van der Waals surface area (Å²) < 4.78 is 0. The Hall–Kier alpha value is -4.12. The molecule has 3 N–H and O–H groups in total. The molecule has 1 heterocycles. The summed E-state index contributed by atoms with van der Waals surface area (Å²) in [4.78, 5) is 44.3. The highest BCUT2D eigenvalue weighted by Gasteiger charge is 2.17. The molecule has 1 aromatic heterocycles. The van der Waals surface area contributed by atoms with E-state index in [1.165, 1.54) is 29.2 Å². The van der Waals surface area contributed by atoms with Gasteiger partial charge in [-0.2, -0.15) is 0 Å². The Labute approximate surface area is 282 Å². The summed E-state index contributed by atoms with van der Waals surface area (Å²) in [5.41, 5.74) is 2.80. The molecule has 226 valence electrons. The predicted octanol–water partition coefficient (Wildman–Crippen LogP) is 8.91. The van der Waals surface area contributed by atoms with Crippen LogP contribution in [-0.4, -0.2) is 28.5 Å². The highest BCUT2D eigenvalue weighted by atomic mass is 35.5. The van der Waals surface area contributed by atoms with E-state index < -0.39 is 11.8 Å². The lowest BCUT2D eigenvalue weighted by atomic mass is 10.1. The van der Waals surface area contributed by atoms with Crippen LogP contribution in [-0.2, 0) is 9.59 Å². The van der Waals surface area contributed by atoms with Gasteiger partial charge in [-0.3, -0.25) is 14.4 Å². The second-order valence-corrected chi connectivity index (χ2v) is 12.5. The van der Waals surface area contributed by atoms with Gasteiger partial charge in [0, 0.05) is 47.7 Å². The van der Waals surface area contributed by atoms with Gasteiger partial charge in [-0.05, 0) is 60.7 Å². The van der Waals surface area contributed by atoms with E-state index >= 15 is 0 Å². The molecule has 0 aliphatic carbocycles. The Bertz CT molecular complexity index is 1860. The van der Waals surface area contributed by atoms with Gasteiger partial charge in [-0.25, -0.2) is 4.98 Å². The predicted molar refractivity (Wildman–Crippen MR) is 185 cm³/mol. The molecular formula is C33H23Cl3N4O3S2. The van der Waals surface area contributed by atoms with Gasteiger partial charge in [0.2, 0.25) is 5.91 Å². The summed E-state index contributed by atoms with van der Waals surface area (Å²) in [6, 6.07) is 27.8. The topological polar surface area (TPSA) is 100 Å². The number of hydrogen-bond donors (Lipinski definition) is 3. The molecule has 0 aliphatic heterocycles. The molecule has 0 saturated heterocycles. The fourth-order valence-electron chi connectivity index (χ4n) is 3.99. The largest absolute Gasteiger partial charge is 0.321 e. The van der Waals surface area contributed by atoms with Crippen molar-refractivity contribution in [3.05, 3.63) is 134 Å². The summed E-state index contributed by atoms with van der Waals surface area (Å²) in [6.07, 6.45) is 1.43. The molecule has 5 rings (SSSR count). The van der Waals surface area contributed by atoms with Crippen molar-refractivity contribution in [2.75, 3.05) is 16.4 Å². The zero-order valence-corrected chi connectivity index (χ0v) is 27.1. The van der Waals surface area contributed by atoms with Gasteiger partial charge in [0.25, 0.3) is 11.8 Å². The SMILES string of the molecule is O=C(CSc1cccc(NC(=O)/C(=C\c2c(Cl)cccc2Cl)NC(=O)c2ccccc2)c1)Nc1nc(-c2ccc(Cl)cc2)cs1. The van der Waals surface area contributed by atoms with E-state index in [1.807, 2.05) is 23.6 Å². The first-order valence-electron chi connectivity index (χ1n) is 13.3. The van der Waals surface area contributed by atoms with Gasteiger partial charge >= 0.3 is 0 Å². The van der Waals surface area contributed by atoms with Crippen LogP contribution in [0.15, 0.2) is 113 Å². The Morgan fingerprint density at radius 3 is 2.27 bits per heavy atom. The molecule has 7 nitrogen and oxygen atoms in total. The number of thiazole rings is 1. The normalized spacial score (nSPS) is 11.1. The van der Waals surface area contributed by atoms with Crippen LogP contribution in [0.4, 0.5) is 10.8 Å². The number of aromatic nitrogens is 1. The lowest BCUT2D eigenvalue weighted by molar-refractivity contribution is -0.114. The van der Waals surface area contributed by atoms with Crippen molar-refractivity contribution in [1.29, 1.82) is 0 Å². The van der Waals surface area contributed by atoms with Crippen molar-refractivity contribution in [3.63, 3.8) is 0 Å². The van der Waals surface area contributed by atoms with Gasteiger partial charge in [0.15, 0.2) is 5.13 Å². The number of benzene rings is 4. The van der Waals surface area contributed by atoms with Crippen LogP contribution < -0.4 is 16.0 Å². The molecule has 0 spiro atoms. The highest BCUT2D eigenvalue weighted by Crippen LogP contribution is 2.28. The smallest absolute Gasteiger partial charge is 0.272 e. The number of thioether (sulfide) groups is 1. The summed E-state index contributed by atoms with van der Waals surface area (Å²) >= 11 is 21.3. The third-order valence-corrected chi connectivity index (χ3v) is 8.83. The number of nitrogens with zero attached hydrogens (tertiary/aromatic N) is 1. The van der Waals surface area contributed by atoms with E-state index in [9.17, 15) is 14.4 Å². The lowest BCUT2D eigenvalue weighted by Gasteiger charge is -2.13. The van der Waals surface area contributed by atoms with Crippen LogP contribution in [0.25, 0.3) is 17.3 Å². The van der Waals surface area contributed by atoms with E-state index in [0.29, 0.717) is 37.0 Å².